The molecule has 18 heavy (non-hydrogen) atoms. The Kier molecular flexibility index (Phi) is 4.20. The molecule has 0 amide bonds. The molecule has 2 aromatic carbocycles. The molecule has 0 saturated carbocycles. The lowest BCUT2D eigenvalue weighted by molar-refractivity contribution is 1.27. The van der Waals surface area contributed by atoms with Crippen LogP contribution in [0.15, 0.2) is 41.3 Å². The summed E-state index contributed by atoms with van der Waals surface area (Å²) in [5, 5.41) is 0.742. The first kappa shape index (κ1) is 13.3. The van der Waals surface area contributed by atoms with Gasteiger partial charge in [0, 0.05) is 21.4 Å². The molecule has 2 rings (SSSR count). The topological polar surface area (TPSA) is 26.0 Å². The van der Waals surface area contributed by atoms with Crippen LogP contribution in [0.5, 0.6) is 0 Å². The van der Waals surface area contributed by atoms with Crippen molar-refractivity contribution in [3.63, 3.8) is 0 Å². The predicted molar refractivity (Wildman–Crippen MR) is 81.3 cm³/mol. The van der Waals surface area contributed by atoms with E-state index in [0.717, 1.165) is 16.3 Å². The maximum absolute atomic E-state index is 6.16. The van der Waals surface area contributed by atoms with E-state index in [1.54, 1.807) is 17.8 Å². The molecular formula is C15H16ClNS. The number of anilines is 1. The minimum Gasteiger partial charge on any atom is -0.399 e. The van der Waals surface area contributed by atoms with Crippen molar-refractivity contribution >= 4 is 29.1 Å². The Hall–Kier alpha value is -1.12. The average Bonchev–Trinajstić information content (AvgIpc) is 2.32. The van der Waals surface area contributed by atoms with E-state index in [1.807, 2.05) is 12.1 Å². The number of benzene rings is 2. The fourth-order valence-electron chi connectivity index (χ4n) is 1.65. The first-order valence-electron chi connectivity index (χ1n) is 5.80. The molecule has 2 aromatic rings. The third kappa shape index (κ3) is 3.21. The molecule has 0 bridgehead atoms. The SMILES string of the molecule is Cc1ccc(SCc2ccc(N)cc2Cl)cc1C. The number of thioether (sulfide) groups is 1. The van der Waals surface area contributed by atoms with Gasteiger partial charge in [0.25, 0.3) is 0 Å². The van der Waals surface area contributed by atoms with E-state index in [0.29, 0.717) is 5.69 Å². The number of nitrogens with two attached hydrogens (primary N) is 1. The van der Waals surface area contributed by atoms with Crippen molar-refractivity contribution in [2.45, 2.75) is 24.5 Å². The van der Waals surface area contributed by atoms with Crippen LogP contribution in [0.4, 0.5) is 5.69 Å². The predicted octanol–water partition coefficient (Wildman–Crippen LogP) is 4.83. The first-order valence-corrected chi connectivity index (χ1v) is 7.16. The van der Waals surface area contributed by atoms with Crippen molar-refractivity contribution in [1.82, 2.24) is 0 Å². The second-order valence-corrected chi connectivity index (χ2v) is 5.84. The van der Waals surface area contributed by atoms with Crippen LogP contribution in [0.1, 0.15) is 16.7 Å². The van der Waals surface area contributed by atoms with Gasteiger partial charge >= 0.3 is 0 Å². The zero-order chi connectivity index (χ0) is 13.1. The third-order valence-corrected chi connectivity index (χ3v) is 4.34. The van der Waals surface area contributed by atoms with Crippen LogP contribution in [0.2, 0.25) is 5.02 Å². The molecule has 1 nitrogen and oxygen atoms in total. The van der Waals surface area contributed by atoms with Gasteiger partial charge in [0.15, 0.2) is 0 Å². The first-order chi connectivity index (χ1) is 8.56. The van der Waals surface area contributed by atoms with E-state index in [2.05, 4.69) is 32.0 Å². The molecule has 0 fully saturated rings. The maximum Gasteiger partial charge on any atom is 0.0466 e. The van der Waals surface area contributed by atoms with E-state index in [9.17, 15) is 0 Å². The fraction of sp³-hybridized carbons (Fsp3) is 0.200. The third-order valence-electron chi connectivity index (χ3n) is 2.95. The van der Waals surface area contributed by atoms with Gasteiger partial charge in [-0.15, -0.1) is 11.8 Å². The van der Waals surface area contributed by atoms with Crippen LogP contribution < -0.4 is 5.73 Å². The van der Waals surface area contributed by atoms with Gasteiger partial charge in [0.1, 0.15) is 0 Å². The van der Waals surface area contributed by atoms with E-state index in [1.165, 1.54) is 16.0 Å². The van der Waals surface area contributed by atoms with Crippen molar-refractivity contribution in [2.75, 3.05) is 5.73 Å². The van der Waals surface area contributed by atoms with E-state index >= 15 is 0 Å². The molecule has 0 spiro atoms. The Labute approximate surface area is 117 Å². The molecule has 0 heterocycles. The molecule has 0 radical (unpaired) electrons. The molecule has 0 aromatic heterocycles. The Balaban J connectivity index is 2.09. The summed E-state index contributed by atoms with van der Waals surface area (Å²) in [6, 6.07) is 12.2. The number of hydrogen-bond acceptors (Lipinski definition) is 2. The van der Waals surface area contributed by atoms with Crippen LogP contribution in [0.25, 0.3) is 0 Å². The molecule has 0 saturated heterocycles. The highest BCUT2D eigenvalue weighted by Crippen LogP contribution is 2.28. The summed E-state index contributed by atoms with van der Waals surface area (Å²) in [5.41, 5.74) is 10.2. The summed E-state index contributed by atoms with van der Waals surface area (Å²) in [4.78, 5) is 1.27. The van der Waals surface area contributed by atoms with Crippen molar-refractivity contribution in [3.05, 3.63) is 58.1 Å². The highest BCUT2D eigenvalue weighted by atomic mass is 35.5. The normalized spacial score (nSPS) is 10.6. The minimum atomic E-state index is 0.708. The highest BCUT2D eigenvalue weighted by Gasteiger charge is 2.03. The zero-order valence-corrected chi connectivity index (χ0v) is 12.1. The molecule has 0 unspecified atom stereocenters. The van der Waals surface area contributed by atoms with Crippen LogP contribution >= 0.6 is 23.4 Å². The minimum absolute atomic E-state index is 0.708. The van der Waals surface area contributed by atoms with Gasteiger partial charge in [0.2, 0.25) is 0 Å². The molecule has 0 aliphatic carbocycles. The second-order valence-electron chi connectivity index (χ2n) is 4.39. The lowest BCUT2D eigenvalue weighted by atomic mass is 10.1. The van der Waals surface area contributed by atoms with Crippen molar-refractivity contribution in [3.8, 4) is 0 Å². The van der Waals surface area contributed by atoms with Gasteiger partial charge in [-0.2, -0.15) is 0 Å². The Morgan fingerprint density at radius 1 is 1.06 bits per heavy atom. The molecular weight excluding hydrogens is 262 g/mol. The van der Waals surface area contributed by atoms with Crippen LogP contribution in [0, 0.1) is 13.8 Å². The number of nitrogen functional groups attached to an aromatic ring is 1. The largest absolute Gasteiger partial charge is 0.399 e. The van der Waals surface area contributed by atoms with Gasteiger partial charge in [0.05, 0.1) is 0 Å². The number of hydrogen-bond donors (Lipinski definition) is 1. The molecule has 3 heteroatoms. The summed E-state index contributed by atoms with van der Waals surface area (Å²) in [6.07, 6.45) is 0. The average molecular weight is 278 g/mol. The molecule has 0 atom stereocenters. The summed E-state index contributed by atoms with van der Waals surface area (Å²) in [5.74, 6) is 0.863. The Bertz CT molecular complexity index is 566. The molecule has 0 aliphatic heterocycles. The Morgan fingerprint density at radius 2 is 1.83 bits per heavy atom. The smallest absolute Gasteiger partial charge is 0.0466 e. The number of halogens is 1. The van der Waals surface area contributed by atoms with E-state index < -0.39 is 0 Å². The molecule has 2 N–H and O–H groups in total. The monoisotopic (exact) mass is 277 g/mol. The second kappa shape index (κ2) is 5.68. The van der Waals surface area contributed by atoms with Crippen molar-refractivity contribution < 1.29 is 0 Å². The fourth-order valence-corrected chi connectivity index (χ4v) is 2.98. The van der Waals surface area contributed by atoms with Crippen molar-refractivity contribution in [1.29, 1.82) is 0 Å². The van der Waals surface area contributed by atoms with E-state index in [-0.39, 0.29) is 0 Å². The summed E-state index contributed by atoms with van der Waals surface area (Å²) >= 11 is 7.95. The summed E-state index contributed by atoms with van der Waals surface area (Å²) < 4.78 is 0. The van der Waals surface area contributed by atoms with Gasteiger partial charge < -0.3 is 5.73 Å². The molecule has 94 valence electrons. The van der Waals surface area contributed by atoms with Gasteiger partial charge in [-0.3, -0.25) is 0 Å². The van der Waals surface area contributed by atoms with Crippen molar-refractivity contribution in [2.24, 2.45) is 0 Å². The molecule has 0 aliphatic rings. The van der Waals surface area contributed by atoms with Gasteiger partial charge in [-0.1, -0.05) is 23.7 Å². The van der Waals surface area contributed by atoms with Gasteiger partial charge in [-0.05, 0) is 54.8 Å². The van der Waals surface area contributed by atoms with Gasteiger partial charge in [-0.25, -0.2) is 0 Å². The highest BCUT2D eigenvalue weighted by molar-refractivity contribution is 7.98. The summed E-state index contributed by atoms with van der Waals surface area (Å²) in [7, 11) is 0. The Morgan fingerprint density at radius 3 is 2.50 bits per heavy atom. The zero-order valence-electron chi connectivity index (χ0n) is 10.5. The standard InChI is InChI=1S/C15H16ClNS/c1-10-3-6-14(7-11(10)2)18-9-12-4-5-13(17)8-15(12)16/h3-8H,9,17H2,1-2H3. The van der Waals surface area contributed by atoms with Crippen LogP contribution in [-0.2, 0) is 5.75 Å². The number of aryl methyl sites for hydroxylation is 2. The van der Waals surface area contributed by atoms with E-state index in [4.69, 9.17) is 17.3 Å². The quantitative estimate of drug-likeness (QED) is 0.642. The number of rotatable bonds is 3. The van der Waals surface area contributed by atoms with Crippen LogP contribution in [0.3, 0.4) is 0 Å². The lowest BCUT2D eigenvalue weighted by Crippen LogP contribution is -1.88. The lowest BCUT2D eigenvalue weighted by Gasteiger charge is -2.07. The maximum atomic E-state index is 6.16. The van der Waals surface area contributed by atoms with Crippen LogP contribution in [-0.4, -0.2) is 0 Å². The summed E-state index contributed by atoms with van der Waals surface area (Å²) in [6.45, 7) is 4.26.